The van der Waals surface area contributed by atoms with Gasteiger partial charge < -0.3 is 14.5 Å². The zero-order valence-electron chi connectivity index (χ0n) is 19.9. The van der Waals surface area contributed by atoms with Crippen LogP contribution in [0.4, 0.5) is 18.9 Å². The lowest BCUT2D eigenvalue weighted by Gasteiger charge is -2.31. The highest BCUT2D eigenvalue weighted by atomic mass is 79.9. The molecule has 2 aromatic carbocycles. The second kappa shape index (κ2) is 10.5. The van der Waals surface area contributed by atoms with Gasteiger partial charge in [0.15, 0.2) is 6.61 Å². The summed E-state index contributed by atoms with van der Waals surface area (Å²) in [6.07, 6.45) is -4.67. The quantitative estimate of drug-likeness (QED) is 0.299. The zero-order chi connectivity index (χ0) is 28.1. The van der Waals surface area contributed by atoms with Crippen molar-refractivity contribution in [3.05, 3.63) is 72.6 Å². The lowest BCUT2D eigenvalue weighted by atomic mass is 9.82. The molecule has 0 bridgehead atoms. The van der Waals surface area contributed by atoms with Crippen LogP contribution in [0.25, 0.3) is 0 Å². The fourth-order valence-electron chi connectivity index (χ4n) is 4.66. The maximum absolute atomic E-state index is 13.9. The number of ether oxygens (including phenoxy) is 2. The third-order valence-corrected chi connectivity index (χ3v) is 9.11. The van der Waals surface area contributed by atoms with Gasteiger partial charge in [0.25, 0.3) is 0 Å². The molecule has 0 radical (unpaired) electrons. The van der Waals surface area contributed by atoms with Crippen LogP contribution in [0.15, 0.2) is 56.8 Å². The zero-order valence-corrected chi connectivity index (χ0v) is 23.1. The number of nitrogens with zero attached hydrogens (tertiary/aromatic N) is 1. The first-order valence-electron chi connectivity index (χ1n) is 11.5. The van der Waals surface area contributed by atoms with E-state index < -0.39 is 58.1 Å². The van der Waals surface area contributed by atoms with Gasteiger partial charge in [-0.3, -0.25) is 14.4 Å². The Kier molecular flexibility index (Phi) is 7.37. The number of H-pyrrole nitrogens is 1. The number of aromatic nitrogens is 1. The molecule has 1 aromatic heterocycles. The number of amides is 2. The molecular weight excluding hydrogens is 625 g/mol. The lowest BCUT2D eigenvalue weighted by molar-refractivity contribution is -0.145. The summed E-state index contributed by atoms with van der Waals surface area (Å²) < 4.78 is 51.4. The SMILES string of the molecule is CCOC(=O)COc1ccc(Br)cc1C1c2sc(=O)[nH]c2SC2C(=O)N(c3cccc(C(F)(F)F)c3)C(=O)C21. The van der Waals surface area contributed by atoms with Gasteiger partial charge in [-0.15, -0.1) is 0 Å². The summed E-state index contributed by atoms with van der Waals surface area (Å²) in [6, 6.07) is 8.93. The Hall–Kier alpha value is -3.10. The molecule has 5 rings (SSSR count). The number of anilines is 1. The van der Waals surface area contributed by atoms with Gasteiger partial charge in [-0.1, -0.05) is 45.1 Å². The molecule has 1 fully saturated rings. The smallest absolute Gasteiger partial charge is 0.416 e. The number of benzene rings is 2. The molecule has 2 amide bonds. The van der Waals surface area contributed by atoms with Crippen molar-refractivity contribution >= 4 is 62.5 Å². The van der Waals surface area contributed by atoms with Crippen molar-refractivity contribution in [3.63, 3.8) is 0 Å². The first-order valence-corrected chi connectivity index (χ1v) is 14.0. The number of fused-ring (bicyclic) bond motifs is 2. The predicted octanol–water partition coefficient (Wildman–Crippen LogP) is 4.96. The number of hydrogen-bond acceptors (Lipinski definition) is 8. The number of aromatic amines is 1. The summed E-state index contributed by atoms with van der Waals surface area (Å²) in [4.78, 5) is 55.3. The van der Waals surface area contributed by atoms with Crippen molar-refractivity contribution < 1.29 is 37.0 Å². The molecule has 3 aromatic rings. The van der Waals surface area contributed by atoms with Crippen LogP contribution in [0, 0.1) is 5.92 Å². The van der Waals surface area contributed by atoms with Crippen LogP contribution in [0.2, 0.25) is 0 Å². The van der Waals surface area contributed by atoms with Crippen LogP contribution in [-0.2, 0) is 25.3 Å². The van der Waals surface area contributed by atoms with Crippen LogP contribution in [0.5, 0.6) is 5.75 Å². The third-order valence-electron chi connectivity index (χ3n) is 6.21. The van der Waals surface area contributed by atoms with E-state index >= 15 is 0 Å². The minimum atomic E-state index is -4.67. The number of nitrogens with one attached hydrogen (secondary N) is 1. The van der Waals surface area contributed by atoms with Crippen LogP contribution >= 0.6 is 39.0 Å². The van der Waals surface area contributed by atoms with Gasteiger partial charge in [-0.25, -0.2) is 9.69 Å². The van der Waals surface area contributed by atoms with Crippen molar-refractivity contribution in [3.8, 4) is 5.75 Å². The van der Waals surface area contributed by atoms with Crippen molar-refractivity contribution in [2.75, 3.05) is 18.1 Å². The number of thiazole rings is 1. The number of esters is 1. The van der Waals surface area contributed by atoms with Crippen molar-refractivity contribution in [1.82, 2.24) is 4.98 Å². The van der Waals surface area contributed by atoms with E-state index in [1.165, 1.54) is 6.07 Å². The predicted molar refractivity (Wildman–Crippen MR) is 140 cm³/mol. The molecule has 0 saturated carbocycles. The monoisotopic (exact) mass is 642 g/mol. The minimum absolute atomic E-state index is 0.154. The van der Waals surface area contributed by atoms with Crippen molar-refractivity contribution in [1.29, 1.82) is 0 Å². The van der Waals surface area contributed by atoms with Gasteiger partial charge in [-0.2, -0.15) is 13.2 Å². The van der Waals surface area contributed by atoms with Crippen LogP contribution in [-0.4, -0.2) is 41.2 Å². The number of halogens is 4. The second-order valence-electron chi connectivity index (χ2n) is 8.59. The van der Waals surface area contributed by atoms with Crippen LogP contribution in [0.3, 0.4) is 0 Å². The first-order chi connectivity index (χ1) is 18.5. The summed E-state index contributed by atoms with van der Waals surface area (Å²) in [5.41, 5.74) is -0.768. The van der Waals surface area contributed by atoms with Gasteiger partial charge in [0.2, 0.25) is 11.8 Å². The highest BCUT2D eigenvalue weighted by molar-refractivity contribution is 9.10. The van der Waals surface area contributed by atoms with E-state index in [2.05, 4.69) is 20.9 Å². The maximum atomic E-state index is 13.9. The highest BCUT2D eigenvalue weighted by Gasteiger charge is 2.57. The highest BCUT2D eigenvalue weighted by Crippen LogP contribution is 2.55. The number of carbonyl (C=O) groups excluding carboxylic acids is 3. The molecule has 0 aliphatic carbocycles. The number of rotatable bonds is 6. The lowest BCUT2D eigenvalue weighted by Crippen LogP contribution is -2.32. The number of thioether (sulfide) groups is 1. The molecule has 2 aliphatic rings. The topological polar surface area (TPSA) is 106 Å². The molecule has 8 nitrogen and oxygen atoms in total. The molecule has 1 saturated heterocycles. The van der Waals surface area contributed by atoms with Gasteiger partial charge >= 0.3 is 17.0 Å². The van der Waals surface area contributed by atoms with E-state index in [9.17, 15) is 32.3 Å². The summed E-state index contributed by atoms with van der Waals surface area (Å²) in [5.74, 6) is -3.71. The fraction of sp³-hybridized carbons (Fsp3) is 0.280. The molecular formula is C25H18BrF3N2O6S2. The van der Waals surface area contributed by atoms with Crippen LogP contribution < -0.4 is 14.5 Å². The van der Waals surface area contributed by atoms with E-state index in [-0.39, 0.29) is 18.0 Å². The van der Waals surface area contributed by atoms with E-state index in [4.69, 9.17) is 9.47 Å². The van der Waals surface area contributed by atoms with Gasteiger partial charge in [0, 0.05) is 20.8 Å². The first kappa shape index (κ1) is 27.5. The Morgan fingerprint density at radius 2 is 1.90 bits per heavy atom. The van der Waals surface area contributed by atoms with Gasteiger partial charge in [0.1, 0.15) is 11.0 Å². The molecule has 14 heteroatoms. The average Bonchev–Trinajstić information content (AvgIpc) is 3.37. The fourth-order valence-corrected chi connectivity index (χ4v) is 7.55. The number of alkyl halides is 3. The summed E-state index contributed by atoms with van der Waals surface area (Å²) in [6.45, 7) is 1.39. The molecule has 204 valence electrons. The third kappa shape index (κ3) is 5.12. The normalized spacial score (nSPS) is 20.5. The van der Waals surface area contributed by atoms with E-state index in [0.29, 0.717) is 19.9 Å². The molecule has 3 unspecified atom stereocenters. The molecule has 1 N–H and O–H groups in total. The Bertz CT molecular complexity index is 1540. The Morgan fingerprint density at radius 3 is 2.62 bits per heavy atom. The van der Waals surface area contributed by atoms with E-state index in [0.717, 1.165) is 46.2 Å². The van der Waals surface area contributed by atoms with E-state index in [1.54, 1.807) is 25.1 Å². The maximum Gasteiger partial charge on any atom is 0.416 e. The molecule has 0 spiro atoms. The average molecular weight is 643 g/mol. The van der Waals surface area contributed by atoms with E-state index in [1.807, 2.05) is 0 Å². The summed E-state index contributed by atoms with van der Waals surface area (Å²) in [5, 5.41) is -0.633. The largest absolute Gasteiger partial charge is 0.482 e. The standard InChI is InChI=1S/C25H18BrF3N2O6S2/c1-2-36-16(32)10-37-15-7-6-12(26)9-14(15)17-18-20(38-21-19(17)39-24(35)30-21)23(34)31(22(18)33)13-5-3-4-11(8-13)25(27,28)29/h3-9,17-18,20H,2,10H2,1H3,(H,30,35). The summed E-state index contributed by atoms with van der Waals surface area (Å²) >= 11 is 5.27. The van der Waals surface area contributed by atoms with Gasteiger partial charge in [0.05, 0.1) is 28.8 Å². The Labute approximate surface area is 235 Å². The van der Waals surface area contributed by atoms with Gasteiger partial charge in [-0.05, 0) is 43.3 Å². The number of carbonyl (C=O) groups is 3. The molecule has 2 aliphatic heterocycles. The molecule has 39 heavy (non-hydrogen) atoms. The van der Waals surface area contributed by atoms with Crippen molar-refractivity contribution in [2.45, 2.75) is 29.3 Å². The summed E-state index contributed by atoms with van der Waals surface area (Å²) in [7, 11) is 0. The minimum Gasteiger partial charge on any atom is -0.482 e. The van der Waals surface area contributed by atoms with Crippen molar-refractivity contribution in [2.24, 2.45) is 5.92 Å². The Balaban J connectivity index is 1.61. The Morgan fingerprint density at radius 1 is 1.13 bits per heavy atom. The molecule has 3 atom stereocenters. The number of imide groups is 1. The number of hydrogen-bond donors (Lipinski definition) is 1. The van der Waals surface area contributed by atoms with Crippen LogP contribution in [0.1, 0.15) is 28.8 Å². The second-order valence-corrected chi connectivity index (χ2v) is 11.7. The molecule has 3 heterocycles.